The minimum absolute atomic E-state index is 0.0229. The van der Waals surface area contributed by atoms with Gasteiger partial charge in [0.25, 0.3) is 10.1 Å². The highest BCUT2D eigenvalue weighted by Crippen LogP contribution is 2.20. The Morgan fingerprint density at radius 1 is 1.32 bits per heavy atom. The van der Waals surface area contributed by atoms with E-state index >= 15 is 0 Å². The number of hydrogen-bond donors (Lipinski definition) is 0. The van der Waals surface area contributed by atoms with Crippen LogP contribution in [0.1, 0.15) is 18.9 Å². The van der Waals surface area contributed by atoms with Crippen molar-refractivity contribution in [1.82, 2.24) is 9.80 Å². The molecule has 0 saturated carbocycles. The van der Waals surface area contributed by atoms with E-state index in [9.17, 15) is 13.2 Å². The molecule has 1 saturated heterocycles. The van der Waals surface area contributed by atoms with Crippen LogP contribution in [0.25, 0.3) is 0 Å². The number of carbonyl (C=O) groups excluding carboxylic acids is 1. The fourth-order valence-electron chi connectivity index (χ4n) is 2.41. The van der Waals surface area contributed by atoms with Crippen LogP contribution >= 0.6 is 0 Å². The molecule has 7 heteroatoms. The normalized spacial score (nSPS) is 17.8. The molecular formula is C18H24N2O4S. The van der Waals surface area contributed by atoms with Gasteiger partial charge in [-0.15, -0.1) is 0 Å². The van der Waals surface area contributed by atoms with E-state index in [0.29, 0.717) is 26.1 Å². The van der Waals surface area contributed by atoms with E-state index in [0.717, 1.165) is 12.1 Å². The summed E-state index contributed by atoms with van der Waals surface area (Å²) < 4.78 is 30.0. The predicted octanol–water partition coefficient (Wildman–Crippen LogP) is 1.26. The fourth-order valence-corrected chi connectivity index (χ4v) is 3.51. The van der Waals surface area contributed by atoms with E-state index in [4.69, 9.17) is 4.18 Å². The van der Waals surface area contributed by atoms with Crippen molar-refractivity contribution in [2.24, 2.45) is 0 Å². The van der Waals surface area contributed by atoms with E-state index in [2.05, 4.69) is 16.7 Å². The van der Waals surface area contributed by atoms with Crippen LogP contribution in [0.15, 0.2) is 29.2 Å². The standard InChI is InChI=1S/C18H24N2O4S/c1-15-6-8-18(9-7-15)25(22,23)24-17-10-13-20(14-17)12-5-4-11-19(3)16(2)21/h6-9,17H,10-14H2,1-3H3/t17-/m0/s1. The van der Waals surface area contributed by atoms with Gasteiger partial charge in [0.1, 0.15) is 0 Å². The van der Waals surface area contributed by atoms with Gasteiger partial charge in [0.15, 0.2) is 0 Å². The van der Waals surface area contributed by atoms with Crippen molar-refractivity contribution in [2.45, 2.75) is 31.3 Å². The van der Waals surface area contributed by atoms with Crippen molar-refractivity contribution in [1.29, 1.82) is 0 Å². The van der Waals surface area contributed by atoms with Crippen LogP contribution in [0.4, 0.5) is 0 Å². The molecule has 2 rings (SSSR count). The summed E-state index contributed by atoms with van der Waals surface area (Å²) in [5, 5.41) is 0. The van der Waals surface area contributed by atoms with Crippen molar-refractivity contribution in [3.05, 3.63) is 29.8 Å². The average Bonchev–Trinajstić information content (AvgIpc) is 2.98. The van der Waals surface area contributed by atoms with Crippen LogP contribution in [0.2, 0.25) is 0 Å². The average molecular weight is 364 g/mol. The quantitative estimate of drug-likeness (QED) is 0.581. The molecule has 6 nitrogen and oxygen atoms in total. The summed E-state index contributed by atoms with van der Waals surface area (Å²) in [6, 6.07) is 6.64. The summed E-state index contributed by atoms with van der Waals surface area (Å²) in [7, 11) is -2.04. The molecule has 0 bridgehead atoms. The maximum absolute atomic E-state index is 12.3. The second-order valence-corrected chi connectivity index (χ2v) is 7.81. The highest BCUT2D eigenvalue weighted by Gasteiger charge is 2.28. The molecule has 0 radical (unpaired) electrons. The number of rotatable bonds is 5. The fraction of sp³-hybridized carbons (Fsp3) is 0.500. The van der Waals surface area contributed by atoms with Gasteiger partial charge in [0, 0.05) is 27.1 Å². The third kappa shape index (κ3) is 5.85. The molecule has 136 valence electrons. The van der Waals surface area contributed by atoms with Crippen molar-refractivity contribution in [2.75, 3.05) is 33.2 Å². The van der Waals surface area contributed by atoms with E-state index in [1.165, 1.54) is 11.8 Å². The SMILES string of the molecule is CC(=O)N(C)CC#CCN1CC[C@H](OS(=O)(=O)c2ccc(C)cc2)C1. The van der Waals surface area contributed by atoms with Crippen LogP contribution < -0.4 is 0 Å². The maximum atomic E-state index is 12.3. The summed E-state index contributed by atoms with van der Waals surface area (Å²) in [6.45, 7) is 5.61. The highest BCUT2D eigenvalue weighted by atomic mass is 32.2. The first-order chi connectivity index (χ1) is 11.8. The number of benzene rings is 1. The molecule has 0 aromatic heterocycles. The largest absolute Gasteiger partial charge is 0.335 e. The van der Waals surface area contributed by atoms with Crippen molar-refractivity contribution >= 4 is 16.0 Å². The molecule has 1 aromatic rings. The molecule has 1 aromatic carbocycles. The van der Waals surface area contributed by atoms with Gasteiger partial charge in [-0.05, 0) is 25.5 Å². The number of nitrogens with zero attached hydrogens (tertiary/aromatic N) is 2. The van der Waals surface area contributed by atoms with Crippen molar-refractivity contribution in [3.63, 3.8) is 0 Å². The summed E-state index contributed by atoms with van der Waals surface area (Å²) >= 11 is 0. The number of hydrogen-bond acceptors (Lipinski definition) is 5. The van der Waals surface area contributed by atoms with Gasteiger partial charge in [0.2, 0.25) is 5.91 Å². The first-order valence-electron chi connectivity index (χ1n) is 8.17. The first kappa shape index (κ1) is 19.4. The molecule has 1 atom stereocenters. The van der Waals surface area contributed by atoms with E-state index in [1.807, 2.05) is 6.92 Å². The Balaban J connectivity index is 1.83. The summed E-state index contributed by atoms with van der Waals surface area (Å²) in [6.07, 6.45) is 0.299. The lowest BCUT2D eigenvalue weighted by Gasteiger charge is -2.14. The Kier molecular flexibility index (Phi) is 6.59. The predicted molar refractivity (Wildman–Crippen MR) is 95.4 cm³/mol. The lowest BCUT2D eigenvalue weighted by Crippen LogP contribution is -2.26. The van der Waals surface area contributed by atoms with E-state index in [1.54, 1.807) is 31.3 Å². The number of carbonyl (C=O) groups is 1. The topological polar surface area (TPSA) is 66.9 Å². The number of aryl methyl sites for hydroxylation is 1. The first-order valence-corrected chi connectivity index (χ1v) is 9.58. The summed E-state index contributed by atoms with van der Waals surface area (Å²) in [4.78, 5) is 14.9. The summed E-state index contributed by atoms with van der Waals surface area (Å²) in [5.41, 5.74) is 1.000. The molecule has 1 fully saturated rings. The van der Waals surface area contributed by atoms with Gasteiger partial charge in [-0.2, -0.15) is 8.42 Å². The Hall–Kier alpha value is -1.88. The van der Waals surface area contributed by atoms with Gasteiger partial charge >= 0.3 is 0 Å². The zero-order valence-corrected chi connectivity index (χ0v) is 15.7. The maximum Gasteiger partial charge on any atom is 0.297 e. The minimum atomic E-state index is -3.74. The molecule has 0 N–H and O–H groups in total. The second kappa shape index (κ2) is 8.48. The van der Waals surface area contributed by atoms with E-state index in [-0.39, 0.29) is 16.9 Å². The van der Waals surface area contributed by atoms with Gasteiger partial charge in [-0.3, -0.25) is 13.9 Å². The van der Waals surface area contributed by atoms with Gasteiger partial charge in [-0.1, -0.05) is 29.5 Å². The van der Waals surface area contributed by atoms with Crippen molar-refractivity contribution in [3.8, 4) is 11.8 Å². The zero-order valence-electron chi connectivity index (χ0n) is 14.9. The molecule has 0 spiro atoms. The number of likely N-dealkylation sites (tertiary alicyclic amines) is 1. The third-order valence-electron chi connectivity index (χ3n) is 4.08. The van der Waals surface area contributed by atoms with Crippen LogP contribution in [-0.2, 0) is 19.1 Å². The van der Waals surface area contributed by atoms with Gasteiger partial charge in [-0.25, -0.2) is 0 Å². The third-order valence-corrected chi connectivity index (χ3v) is 5.46. The lowest BCUT2D eigenvalue weighted by molar-refractivity contribution is -0.126. The Morgan fingerprint density at radius 2 is 2.00 bits per heavy atom. The minimum Gasteiger partial charge on any atom is -0.335 e. The van der Waals surface area contributed by atoms with Gasteiger partial charge in [0.05, 0.1) is 24.1 Å². The number of amides is 1. The molecular weight excluding hydrogens is 340 g/mol. The molecule has 1 heterocycles. The van der Waals surface area contributed by atoms with E-state index < -0.39 is 10.1 Å². The Morgan fingerprint density at radius 3 is 2.64 bits per heavy atom. The summed E-state index contributed by atoms with van der Waals surface area (Å²) in [5.74, 6) is 5.93. The van der Waals surface area contributed by atoms with Crippen LogP contribution in [0, 0.1) is 18.8 Å². The monoisotopic (exact) mass is 364 g/mol. The van der Waals surface area contributed by atoms with Crippen LogP contribution in [0.5, 0.6) is 0 Å². The molecule has 1 amide bonds. The van der Waals surface area contributed by atoms with Crippen LogP contribution in [-0.4, -0.2) is 63.5 Å². The zero-order chi connectivity index (χ0) is 18.4. The molecule has 1 aliphatic heterocycles. The van der Waals surface area contributed by atoms with Gasteiger partial charge < -0.3 is 4.90 Å². The smallest absolute Gasteiger partial charge is 0.297 e. The molecule has 25 heavy (non-hydrogen) atoms. The lowest BCUT2D eigenvalue weighted by atomic mass is 10.2. The highest BCUT2D eigenvalue weighted by molar-refractivity contribution is 7.86. The molecule has 0 aliphatic carbocycles. The van der Waals surface area contributed by atoms with Crippen LogP contribution in [0.3, 0.4) is 0 Å². The Bertz CT molecular complexity index is 763. The molecule has 0 unspecified atom stereocenters. The van der Waals surface area contributed by atoms with Crippen molar-refractivity contribution < 1.29 is 17.4 Å². The Labute approximate surface area is 149 Å². The second-order valence-electron chi connectivity index (χ2n) is 6.24. The molecule has 1 aliphatic rings.